The first-order valence-electron chi connectivity index (χ1n) is 7.86. The van der Waals surface area contributed by atoms with Crippen LogP contribution in [0.3, 0.4) is 0 Å². The second-order valence-electron chi connectivity index (χ2n) is 7.20. The van der Waals surface area contributed by atoms with E-state index in [4.69, 9.17) is 0 Å². The van der Waals surface area contributed by atoms with E-state index in [1.165, 1.54) is 12.8 Å². The van der Waals surface area contributed by atoms with Gasteiger partial charge in [-0.2, -0.15) is 0 Å². The number of hydrogen-bond donors (Lipinski definition) is 1. The lowest BCUT2D eigenvalue weighted by atomic mass is 9.90. The van der Waals surface area contributed by atoms with Gasteiger partial charge in [-0.3, -0.25) is 4.79 Å². The van der Waals surface area contributed by atoms with Crippen molar-refractivity contribution in [3.8, 4) is 0 Å². The van der Waals surface area contributed by atoms with E-state index in [2.05, 4.69) is 44.8 Å². The highest BCUT2D eigenvalue weighted by atomic mass is 16.2. The second kappa shape index (κ2) is 7.28. The molecule has 1 aliphatic heterocycles. The first-order valence-corrected chi connectivity index (χ1v) is 7.86. The van der Waals surface area contributed by atoms with Crippen molar-refractivity contribution >= 4 is 5.91 Å². The fraction of sp³-hybridized carbons (Fsp3) is 0.938. The molecule has 0 aromatic rings. The van der Waals surface area contributed by atoms with Gasteiger partial charge in [-0.05, 0) is 24.2 Å². The number of amides is 1. The van der Waals surface area contributed by atoms with Crippen molar-refractivity contribution in [2.75, 3.05) is 19.6 Å². The highest BCUT2D eigenvalue weighted by Crippen LogP contribution is 2.21. The van der Waals surface area contributed by atoms with Crippen LogP contribution in [-0.2, 0) is 4.79 Å². The molecule has 0 aromatic heterocycles. The van der Waals surface area contributed by atoms with Crippen molar-refractivity contribution in [1.29, 1.82) is 0 Å². The third-order valence-corrected chi connectivity index (χ3v) is 3.85. The lowest BCUT2D eigenvalue weighted by Crippen LogP contribution is -2.52. The van der Waals surface area contributed by atoms with Crippen LogP contribution in [0.1, 0.15) is 60.3 Å². The Morgan fingerprint density at radius 1 is 1.26 bits per heavy atom. The summed E-state index contributed by atoms with van der Waals surface area (Å²) in [5.41, 5.74) is 0.303. The van der Waals surface area contributed by atoms with Gasteiger partial charge in [0.1, 0.15) is 0 Å². The molecular weight excluding hydrogens is 236 g/mol. The van der Waals surface area contributed by atoms with E-state index < -0.39 is 0 Å². The quantitative estimate of drug-likeness (QED) is 0.831. The fourth-order valence-corrected chi connectivity index (χ4v) is 2.67. The zero-order valence-corrected chi connectivity index (χ0v) is 13.5. The normalized spacial score (nSPS) is 24.6. The van der Waals surface area contributed by atoms with E-state index in [9.17, 15) is 4.79 Å². The van der Waals surface area contributed by atoms with E-state index >= 15 is 0 Å². The molecular formula is C16H32N2O. The van der Waals surface area contributed by atoms with Gasteiger partial charge in [-0.25, -0.2) is 0 Å². The van der Waals surface area contributed by atoms with Crippen LogP contribution in [0.2, 0.25) is 0 Å². The Morgan fingerprint density at radius 2 is 1.95 bits per heavy atom. The Bertz CT molecular complexity index is 283. The predicted molar refractivity (Wildman–Crippen MR) is 81.1 cm³/mol. The molecule has 0 aromatic carbocycles. The molecule has 0 bridgehead atoms. The SMILES string of the molecule is CCCC(=O)N1CC(CC)CC(NCC(C)(C)C)C1. The lowest BCUT2D eigenvalue weighted by Gasteiger charge is -2.39. The molecule has 3 nitrogen and oxygen atoms in total. The van der Waals surface area contributed by atoms with Crippen LogP contribution in [0.4, 0.5) is 0 Å². The minimum atomic E-state index is 0.303. The van der Waals surface area contributed by atoms with E-state index in [1.807, 2.05) is 0 Å². The summed E-state index contributed by atoms with van der Waals surface area (Å²) in [6, 6.07) is 0.471. The number of piperidine rings is 1. The average Bonchev–Trinajstić information content (AvgIpc) is 2.35. The number of rotatable bonds is 5. The molecule has 1 rings (SSSR count). The first-order chi connectivity index (χ1) is 8.85. The summed E-state index contributed by atoms with van der Waals surface area (Å²) in [4.78, 5) is 14.2. The maximum atomic E-state index is 12.1. The molecule has 1 heterocycles. The predicted octanol–water partition coefficient (Wildman–Crippen LogP) is 3.05. The topological polar surface area (TPSA) is 32.3 Å². The molecule has 1 N–H and O–H groups in total. The highest BCUT2D eigenvalue weighted by molar-refractivity contribution is 5.76. The smallest absolute Gasteiger partial charge is 0.222 e. The van der Waals surface area contributed by atoms with E-state index in [0.717, 1.165) is 26.1 Å². The first kappa shape index (κ1) is 16.5. The van der Waals surface area contributed by atoms with E-state index in [0.29, 0.717) is 29.7 Å². The summed E-state index contributed by atoms with van der Waals surface area (Å²) >= 11 is 0. The third kappa shape index (κ3) is 5.94. The molecule has 112 valence electrons. The number of carbonyl (C=O) groups is 1. The molecule has 2 unspecified atom stereocenters. The van der Waals surface area contributed by atoms with E-state index in [-0.39, 0.29) is 0 Å². The monoisotopic (exact) mass is 268 g/mol. The Morgan fingerprint density at radius 3 is 2.47 bits per heavy atom. The zero-order chi connectivity index (χ0) is 14.5. The van der Waals surface area contributed by atoms with Crippen LogP contribution in [0.5, 0.6) is 0 Å². The summed E-state index contributed by atoms with van der Waals surface area (Å²) in [7, 11) is 0. The van der Waals surface area contributed by atoms with Gasteiger partial charge in [0.25, 0.3) is 0 Å². The van der Waals surface area contributed by atoms with Gasteiger partial charge < -0.3 is 10.2 Å². The zero-order valence-electron chi connectivity index (χ0n) is 13.5. The molecule has 0 aliphatic carbocycles. The maximum absolute atomic E-state index is 12.1. The van der Waals surface area contributed by atoms with Crippen LogP contribution < -0.4 is 5.32 Å². The molecule has 0 saturated carbocycles. The Hall–Kier alpha value is -0.570. The molecule has 19 heavy (non-hydrogen) atoms. The second-order valence-corrected chi connectivity index (χ2v) is 7.20. The molecule has 1 amide bonds. The third-order valence-electron chi connectivity index (χ3n) is 3.85. The van der Waals surface area contributed by atoms with Crippen LogP contribution in [0, 0.1) is 11.3 Å². The van der Waals surface area contributed by atoms with Crippen molar-refractivity contribution in [2.45, 2.75) is 66.3 Å². The summed E-state index contributed by atoms with van der Waals surface area (Å²) in [5, 5.41) is 3.66. The molecule has 1 aliphatic rings. The van der Waals surface area contributed by atoms with Gasteiger partial charge in [0.05, 0.1) is 0 Å². The van der Waals surface area contributed by atoms with E-state index in [1.54, 1.807) is 0 Å². The molecule has 0 spiro atoms. The number of likely N-dealkylation sites (tertiary alicyclic amines) is 1. The number of nitrogens with one attached hydrogen (secondary N) is 1. The summed E-state index contributed by atoms with van der Waals surface area (Å²) in [6.45, 7) is 13.9. The summed E-state index contributed by atoms with van der Waals surface area (Å²) < 4.78 is 0. The summed E-state index contributed by atoms with van der Waals surface area (Å²) in [5.74, 6) is 0.996. The van der Waals surface area contributed by atoms with Crippen molar-refractivity contribution in [1.82, 2.24) is 10.2 Å². The molecule has 0 radical (unpaired) electrons. The Balaban J connectivity index is 2.54. The highest BCUT2D eigenvalue weighted by Gasteiger charge is 2.29. The van der Waals surface area contributed by atoms with Crippen LogP contribution in [-0.4, -0.2) is 36.5 Å². The number of hydrogen-bond acceptors (Lipinski definition) is 2. The lowest BCUT2D eigenvalue weighted by molar-refractivity contribution is -0.133. The van der Waals surface area contributed by atoms with Crippen molar-refractivity contribution in [3.63, 3.8) is 0 Å². The maximum Gasteiger partial charge on any atom is 0.222 e. The van der Waals surface area contributed by atoms with Crippen molar-refractivity contribution < 1.29 is 4.79 Å². The van der Waals surface area contributed by atoms with Gasteiger partial charge in [-0.15, -0.1) is 0 Å². The number of nitrogens with zero attached hydrogens (tertiary/aromatic N) is 1. The molecule has 1 fully saturated rings. The van der Waals surface area contributed by atoms with Crippen molar-refractivity contribution in [2.24, 2.45) is 11.3 Å². The Kier molecular flexibility index (Phi) is 6.31. The molecule has 3 heteroatoms. The van der Waals surface area contributed by atoms with Crippen LogP contribution in [0.15, 0.2) is 0 Å². The van der Waals surface area contributed by atoms with Gasteiger partial charge in [0, 0.05) is 32.1 Å². The minimum absolute atomic E-state index is 0.303. The standard InChI is InChI=1S/C16H32N2O/c1-6-8-15(19)18-10-13(7-2)9-14(11-18)17-12-16(3,4)5/h13-14,17H,6-12H2,1-5H3. The van der Waals surface area contributed by atoms with Gasteiger partial charge >= 0.3 is 0 Å². The van der Waals surface area contributed by atoms with Crippen LogP contribution in [0.25, 0.3) is 0 Å². The molecule has 1 saturated heterocycles. The summed E-state index contributed by atoms with van der Waals surface area (Å²) in [6.07, 6.45) is 4.03. The van der Waals surface area contributed by atoms with Gasteiger partial charge in [-0.1, -0.05) is 41.0 Å². The van der Waals surface area contributed by atoms with Crippen LogP contribution >= 0.6 is 0 Å². The molecule has 2 atom stereocenters. The number of carbonyl (C=O) groups excluding carboxylic acids is 1. The fourth-order valence-electron chi connectivity index (χ4n) is 2.67. The Labute approximate surface area is 119 Å². The average molecular weight is 268 g/mol. The van der Waals surface area contributed by atoms with Gasteiger partial charge in [0.2, 0.25) is 5.91 Å². The van der Waals surface area contributed by atoms with Crippen molar-refractivity contribution in [3.05, 3.63) is 0 Å². The largest absolute Gasteiger partial charge is 0.341 e. The minimum Gasteiger partial charge on any atom is -0.341 e. The van der Waals surface area contributed by atoms with Gasteiger partial charge in [0.15, 0.2) is 0 Å².